The molecular weight excluding hydrogens is 240 g/mol. The molecule has 0 aromatic rings. The lowest BCUT2D eigenvalue weighted by molar-refractivity contribution is -0.179. The Bertz CT molecular complexity index is 402. The molecule has 3 heteroatoms. The second-order valence-corrected chi connectivity index (χ2v) is 5.90. The van der Waals surface area contributed by atoms with E-state index >= 15 is 0 Å². The van der Waals surface area contributed by atoms with Gasteiger partial charge in [-0.2, -0.15) is 0 Å². The van der Waals surface area contributed by atoms with E-state index in [-0.39, 0.29) is 5.92 Å². The van der Waals surface area contributed by atoms with Crippen LogP contribution in [0.4, 0.5) is 0 Å². The summed E-state index contributed by atoms with van der Waals surface area (Å²) in [6.45, 7) is 11.3. The van der Waals surface area contributed by atoms with Crippen molar-refractivity contribution < 1.29 is 14.3 Å². The lowest BCUT2D eigenvalue weighted by Crippen LogP contribution is -2.37. The van der Waals surface area contributed by atoms with Gasteiger partial charge in [0.2, 0.25) is 0 Å². The maximum Gasteiger partial charge on any atom is 0.175 e. The van der Waals surface area contributed by atoms with Crippen LogP contribution in [0.2, 0.25) is 0 Å². The van der Waals surface area contributed by atoms with Gasteiger partial charge in [0, 0.05) is 5.92 Å². The zero-order valence-electron chi connectivity index (χ0n) is 12.2. The Morgan fingerprint density at radius 2 is 2.16 bits per heavy atom. The van der Waals surface area contributed by atoms with Crippen molar-refractivity contribution in [3.63, 3.8) is 0 Å². The number of hydrogen-bond donors (Lipinski definition) is 0. The molecule has 19 heavy (non-hydrogen) atoms. The fraction of sp³-hybridized carbons (Fsp3) is 0.688. The van der Waals surface area contributed by atoms with Crippen LogP contribution in [0.25, 0.3) is 0 Å². The largest absolute Gasteiger partial charge is 0.347 e. The molecule has 3 nitrogen and oxygen atoms in total. The minimum atomic E-state index is -0.753. The molecule has 1 aliphatic carbocycles. The Morgan fingerprint density at radius 1 is 1.53 bits per heavy atom. The van der Waals surface area contributed by atoms with Crippen LogP contribution >= 0.6 is 0 Å². The summed E-state index contributed by atoms with van der Waals surface area (Å²) in [6, 6.07) is 0. The fourth-order valence-corrected chi connectivity index (χ4v) is 3.19. The first-order valence-electron chi connectivity index (χ1n) is 7.05. The van der Waals surface area contributed by atoms with Gasteiger partial charge in [-0.3, -0.25) is 0 Å². The van der Waals surface area contributed by atoms with Crippen LogP contribution in [0, 0.1) is 11.8 Å². The molecule has 0 saturated carbocycles. The highest BCUT2D eigenvalue weighted by Gasteiger charge is 2.41. The van der Waals surface area contributed by atoms with Crippen LogP contribution in [0.3, 0.4) is 0 Å². The third kappa shape index (κ3) is 2.82. The SMILES string of the molecule is C=C(C)[C@@H]1CCC(C)=C1CC(C=O)C1(C)OCCO1. The molecule has 0 aromatic carbocycles. The smallest absolute Gasteiger partial charge is 0.175 e. The predicted molar refractivity (Wildman–Crippen MR) is 74.7 cm³/mol. The zero-order chi connectivity index (χ0) is 14.0. The minimum absolute atomic E-state index is 0.236. The Kier molecular flexibility index (Phi) is 4.26. The molecule has 1 unspecified atom stereocenters. The van der Waals surface area contributed by atoms with Crippen molar-refractivity contribution in [3.05, 3.63) is 23.3 Å². The van der Waals surface area contributed by atoms with E-state index in [4.69, 9.17) is 9.47 Å². The minimum Gasteiger partial charge on any atom is -0.347 e. The Balaban J connectivity index is 2.15. The number of carbonyl (C=O) groups is 1. The number of allylic oxidation sites excluding steroid dienone is 3. The van der Waals surface area contributed by atoms with Gasteiger partial charge in [0.15, 0.2) is 5.79 Å². The summed E-state index contributed by atoms with van der Waals surface area (Å²) in [4.78, 5) is 11.5. The quantitative estimate of drug-likeness (QED) is 0.565. The molecule has 1 saturated heterocycles. The van der Waals surface area contributed by atoms with Gasteiger partial charge in [-0.15, -0.1) is 0 Å². The summed E-state index contributed by atoms with van der Waals surface area (Å²) in [6.07, 6.45) is 3.94. The van der Waals surface area contributed by atoms with Crippen LogP contribution in [0.1, 0.15) is 40.0 Å². The topological polar surface area (TPSA) is 35.5 Å². The van der Waals surface area contributed by atoms with Crippen LogP contribution in [0.15, 0.2) is 23.3 Å². The summed E-state index contributed by atoms with van der Waals surface area (Å²) < 4.78 is 11.3. The predicted octanol–water partition coefficient (Wildman–Crippen LogP) is 3.26. The number of rotatable bonds is 5. The number of ether oxygens (including phenoxy) is 2. The van der Waals surface area contributed by atoms with Gasteiger partial charge in [-0.05, 0) is 40.0 Å². The van der Waals surface area contributed by atoms with Crippen LogP contribution in [-0.2, 0) is 14.3 Å². The third-order valence-electron chi connectivity index (χ3n) is 4.51. The first-order chi connectivity index (χ1) is 8.98. The van der Waals surface area contributed by atoms with Crippen molar-refractivity contribution in [2.75, 3.05) is 13.2 Å². The molecule has 0 aromatic heterocycles. The van der Waals surface area contributed by atoms with Crippen LogP contribution < -0.4 is 0 Å². The Morgan fingerprint density at radius 3 is 2.68 bits per heavy atom. The second-order valence-electron chi connectivity index (χ2n) is 5.90. The summed E-state index contributed by atoms with van der Waals surface area (Å²) in [5.41, 5.74) is 3.96. The Labute approximate surface area is 115 Å². The molecule has 2 atom stereocenters. The maximum absolute atomic E-state index is 11.5. The second kappa shape index (κ2) is 5.59. The molecule has 1 aliphatic heterocycles. The summed E-state index contributed by atoms with van der Waals surface area (Å²) in [5.74, 6) is -0.565. The van der Waals surface area contributed by atoms with Gasteiger partial charge in [0.05, 0.1) is 19.1 Å². The van der Waals surface area contributed by atoms with Crippen molar-refractivity contribution in [1.82, 2.24) is 0 Å². The summed E-state index contributed by atoms with van der Waals surface area (Å²) in [5, 5.41) is 0. The van der Waals surface area contributed by atoms with E-state index in [2.05, 4.69) is 20.4 Å². The Hall–Kier alpha value is -0.930. The molecule has 0 amide bonds. The van der Waals surface area contributed by atoms with E-state index in [0.29, 0.717) is 19.1 Å². The molecule has 2 rings (SSSR count). The average Bonchev–Trinajstić information content (AvgIpc) is 2.94. The standard InChI is InChI=1S/C16H24O3/c1-11(2)14-6-5-12(3)15(14)9-13(10-17)16(4)18-7-8-19-16/h10,13-14H,1,5-9H2,2-4H3/t13?,14-/m0/s1. The first-order valence-corrected chi connectivity index (χ1v) is 7.05. The van der Waals surface area contributed by atoms with E-state index in [1.54, 1.807) is 0 Å². The van der Waals surface area contributed by atoms with Gasteiger partial charge in [-0.25, -0.2) is 0 Å². The third-order valence-corrected chi connectivity index (χ3v) is 4.51. The van der Waals surface area contributed by atoms with E-state index in [1.165, 1.54) is 16.7 Å². The molecule has 1 fully saturated rings. The lowest BCUT2D eigenvalue weighted by Gasteiger charge is -2.30. The van der Waals surface area contributed by atoms with Crippen molar-refractivity contribution in [2.45, 2.75) is 45.8 Å². The van der Waals surface area contributed by atoms with Gasteiger partial charge >= 0.3 is 0 Å². The highest BCUT2D eigenvalue weighted by molar-refractivity contribution is 5.56. The van der Waals surface area contributed by atoms with E-state index in [9.17, 15) is 4.79 Å². The number of hydrogen-bond acceptors (Lipinski definition) is 3. The molecule has 2 aliphatic rings. The molecular formula is C16H24O3. The van der Waals surface area contributed by atoms with Crippen molar-refractivity contribution in [1.29, 1.82) is 0 Å². The van der Waals surface area contributed by atoms with Crippen LogP contribution in [-0.4, -0.2) is 25.3 Å². The molecule has 0 radical (unpaired) electrons. The van der Waals surface area contributed by atoms with Crippen molar-refractivity contribution in [3.8, 4) is 0 Å². The maximum atomic E-state index is 11.5. The average molecular weight is 264 g/mol. The number of aldehydes is 1. The van der Waals surface area contributed by atoms with Gasteiger partial charge in [0.25, 0.3) is 0 Å². The van der Waals surface area contributed by atoms with E-state index in [1.807, 2.05) is 6.92 Å². The fourth-order valence-electron chi connectivity index (χ4n) is 3.19. The molecule has 106 valence electrons. The van der Waals surface area contributed by atoms with Crippen molar-refractivity contribution >= 4 is 6.29 Å². The normalized spacial score (nSPS) is 27.6. The zero-order valence-corrected chi connectivity index (χ0v) is 12.2. The molecule has 0 bridgehead atoms. The summed E-state index contributed by atoms with van der Waals surface area (Å²) >= 11 is 0. The molecule has 1 heterocycles. The highest BCUT2D eigenvalue weighted by atomic mass is 16.7. The van der Waals surface area contributed by atoms with E-state index < -0.39 is 5.79 Å². The van der Waals surface area contributed by atoms with Gasteiger partial charge < -0.3 is 14.3 Å². The number of carbonyl (C=O) groups excluding carboxylic acids is 1. The van der Waals surface area contributed by atoms with Crippen molar-refractivity contribution in [2.24, 2.45) is 11.8 Å². The van der Waals surface area contributed by atoms with E-state index in [0.717, 1.165) is 25.5 Å². The monoisotopic (exact) mass is 264 g/mol. The molecule has 0 N–H and O–H groups in total. The van der Waals surface area contributed by atoms with Crippen LogP contribution in [0.5, 0.6) is 0 Å². The lowest BCUT2D eigenvalue weighted by atomic mass is 9.85. The molecule has 0 spiro atoms. The highest BCUT2D eigenvalue weighted by Crippen LogP contribution is 2.41. The summed E-state index contributed by atoms with van der Waals surface area (Å²) in [7, 11) is 0. The van der Waals surface area contributed by atoms with Gasteiger partial charge in [-0.1, -0.05) is 23.3 Å². The first kappa shape index (κ1) is 14.5. The van der Waals surface area contributed by atoms with Gasteiger partial charge in [0.1, 0.15) is 6.29 Å².